The normalized spacial score (nSPS) is 20.3. The lowest BCUT2D eigenvalue weighted by atomic mass is 9.91. The van der Waals surface area contributed by atoms with Gasteiger partial charge >= 0.3 is 6.09 Å². The van der Waals surface area contributed by atoms with Gasteiger partial charge in [-0.05, 0) is 64.7 Å². The Bertz CT molecular complexity index is 838. The zero-order valence-electron chi connectivity index (χ0n) is 15.7. The van der Waals surface area contributed by atoms with Crippen LogP contribution in [0.2, 0.25) is 5.02 Å². The van der Waals surface area contributed by atoms with Crippen LogP contribution >= 0.6 is 22.9 Å². The second-order valence-corrected chi connectivity index (χ2v) is 9.27. The standard InChI is InChI=1S/C19H24ClN3O3S/c1-19(2,3)26-18(25)22-13-7-5-12(6-8-13)21-16(24)17-23-14-9-4-11(20)10-15(14)27-17/h4,9-10,12-13H,5-8H2,1-3H3,(H,21,24)(H,22,25)/t12-,13-. The van der Waals surface area contributed by atoms with Gasteiger partial charge in [-0.15, -0.1) is 11.3 Å². The van der Waals surface area contributed by atoms with Crippen molar-refractivity contribution >= 4 is 45.2 Å². The van der Waals surface area contributed by atoms with E-state index in [9.17, 15) is 9.59 Å². The first-order chi connectivity index (χ1) is 12.7. The summed E-state index contributed by atoms with van der Waals surface area (Å²) in [5, 5.41) is 7.04. The Hall–Kier alpha value is -1.86. The summed E-state index contributed by atoms with van der Waals surface area (Å²) >= 11 is 7.33. The van der Waals surface area contributed by atoms with Gasteiger partial charge in [0.15, 0.2) is 5.01 Å². The van der Waals surface area contributed by atoms with Crippen molar-refractivity contribution in [3.8, 4) is 0 Å². The van der Waals surface area contributed by atoms with Gasteiger partial charge in [0, 0.05) is 17.1 Å². The third kappa shape index (κ3) is 5.56. The Kier molecular flexibility index (Phi) is 5.91. The van der Waals surface area contributed by atoms with Gasteiger partial charge in [-0.2, -0.15) is 0 Å². The van der Waals surface area contributed by atoms with Crippen LogP contribution in [-0.4, -0.2) is 34.7 Å². The number of fused-ring (bicyclic) bond motifs is 1. The number of amides is 2. The summed E-state index contributed by atoms with van der Waals surface area (Å²) in [6, 6.07) is 5.57. The molecule has 0 saturated heterocycles. The number of hydrogen-bond donors (Lipinski definition) is 2. The predicted octanol–water partition coefficient (Wildman–Crippen LogP) is 4.52. The third-order valence-electron chi connectivity index (χ3n) is 4.33. The molecule has 1 saturated carbocycles. The molecule has 2 amide bonds. The monoisotopic (exact) mass is 409 g/mol. The van der Waals surface area contributed by atoms with Gasteiger partial charge in [0.05, 0.1) is 10.2 Å². The first-order valence-corrected chi connectivity index (χ1v) is 10.3. The number of nitrogens with zero attached hydrogens (tertiary/aromatic N) is 1. The second kappa shape index (κ2) is 8.02. The molecule has 0 radical (unpaired) electrons. The third-order valence-corrected chi connectivity index (χ3v) is 5.58. The quantitative estimate of drug-likeness (QED) is 0.781. The number of thiazole rings is 1. The number of aromatic nitrogens is 1. The highest BCUT2D eigenvalue weighted by molar-refractivity contribution is 7.20. The van der Waals surface area contributed by atoms with Gasteiger partial charge in [-0.1, -0.05) is 11.6 Å². The number of benzene rings is 1. The van der Waals surface area contributed by atoms with E-state index in [1.54, 1.807) is 6.07 Å². The van der Waals surface area contributed by atoms with Crippen LogP contribution in [-0.2, 0) is 4.74 Å². The molecule has 27 heavy (non-hydrogen) atoms. The number of halogens is 1. The SMILES string of the molecule is CC(C)(C)OC(=O)N[C@H]1CC[C@H](NC(=O)c2nc3ccc(Cl)cc3s2)CC1. The van der Waals surface area contributed by atoms with Gasteiger partial charge in [0.25, 0.3) is 5.91 Å². The minimum absolute atomic E-state index is 0.0811. The van der Waals surface area contributed by atoms with Crippen LogP contribution in [0.25, 0.3) is 10.2 Å². The number of alkyl carbamates (subject to hydrolysis) is 1. The van der Waals surface area contributed by atoms with Crippen molar-refractivity contribution in [2.75, 3.05) is 0 Å². The molecular formula is C19H24ClN3O3S. The van der Waals surface area contributed by atoms with Crippen LogP contribution in [0.5, 0.6) is 0 Å². The van der Waals surface area contributed by atoms with E-state index in [0.717, 1.165) is 35.9 Å². The average Bonchev–Trinajstić information content (AvgIpc) is 2.98. The van der Waals surface area contributed by atoms with Crippen LogP contribution in [0, 0.1) is 0 Å². The molecule has 0 atom stereocenters. The van der Waals surface area contributed by atoms with E-state index in [-0.39, 0.29) is 24.1 Å². The van der Waals surface area contributed by atoms with Crippen molar-refractivity contribution in [1.29, 1.82) is 0 Å². The number of carbonyl (C=O) groups is 2. The molecule has 1 heterocycles. The van der Waals surface area contributed by atoms with E-state index in [2.05, 4.69) is 15.6 Å². The Morgan fingerprint density at radius 1 is 1.15 bits per heavy atom. The lowest BCUT2D eigenvalue weighted by Gasteiger charge is -2.30. The van der Waals surface area contributed by atoms with E-state index in [4.69, 9.17) is 16.3 Å². The average molecular weight is 410 g/mol. The molecular weight excluding hydrogens is 386 g/mol. The maximum absolute atomic E-state index is 12.5. The molecule has 1 aliphatic rings. The summed E-state index contributed by atoms with van der Waals surface area (Å²) in [5.41, 5.74) is 0.274. The number of nitrogens with one attached hydrogen (secondary N) is 2. The molecule has 1 aromatic carbocycles. The van der Waals surface area contributed by atoms with E-state index in [0.29, 0.717) is 10.0 Å². The molecule has 1 fully saturated rings. The summed E-state index contributed by atoms with van der Waals surface area (Å²) in [6.45, 7) is 5.53. The maximum Gasteiger partial charge on any atom is 0.407 e. The first kappa shape index (κ1) is 19.9. The van der Waals surface area contributed by atoms with Gasteiger partial charge in [-0.3, -0.25) is 4.79 Å². The molecule has 6 nitrogen and oxygen atoms in total. The fraction of sp³-hybridized carbons (Fsp3) is 0.526. The highest BCUT2D eigenvalue weighted by Crippen LogP contribution is 2.26. The van der Waals surface area contributed by atoms with E-state index < -0.39 is 5.60 Å². The Morgan fingerprint density at radius 2 is 1.78 bits per heavy atom. The largest absolute Gasteiger partial charge is 0.444 e. The van der Waals surface area contributed by atoms with Gasteiger partial charge in [0.2, 0.25) is 0 Å². The number of ether oxygens (including phenoxy) is 1. The molecule has 0 bridgehead atoms. The molecule has 1 aromatic heterocycles. The zero-order chi connectivity index (χ0) is 19.6. The van der Waals surface area contributed by atoms with E-state index in [1.807, 2.05) is 32.9 Å². The molecule has 2 aromatic rings. The topological polar surface area (TPSA) is 80.3 Å². The number of carbonyl (C=O) groups excluding carboxylic acids is 2. The Morgan fingerprint density at radius 3 is 2.41 bits per heavy atom. The van der Waals surface area contributed by atoms with Crippen LogP contribution in [0.3, 0.4) is 0 Å². The summed E-state index contributed by atoms with van der Waals surface area (Å²) in [5.74, 6) is -0.157. The molecule has 146 valence electrons. The highest BCUT2D eigenvalue weighted by Gasteiger charge is 2.26. The lowest BCUT2D eigenvalue weighted by Crippen LogP contribution is -2.45. The second-order valence-electron chi connectivity index (χ2n) is 7.80. The van der Waals surface area contributed by atoms with E-state index in [1.165, 1.54) is 11.3 Å². The fourth-order valence-corrected chi connectivity index (χ4v) is 4.24. The molecule has 2 N–H and O–H groups in total. The van der Waals surface area contributed by atoms with Crippen molar-refractivity contribution in [3.05, 3.63) is 28.2 Å². The van der Waals surface area contributed by atoms with Crippen molar-refractivity contribution < 1.29 is 14.3 Å². The lowest BCUT2D eigenvalue weighted by molar-refractivity contribution is 0.0488. The molecule has 0 unspecified atom stereocenters. The zero-order valence-corrected chi connectivity index (χ0v) is 17.2. The Balaban J connectivity index is 1.49. The van der Waals surface area contributed by atoms with Gasteiger partial charge < -0.3 is 15.4 Å². The summed E-state index contributed by atoms with van der Waals surface area (Å²) in [6.07, 6.45) is 2.84. The smallest absolute Gasteiger partial charge is 0.407 e. The molecule has 0 spiro atoms. The number of hydrogen-bond acceptors (Lipinski definition) is 5. The van der Waals surface area contributed by atoms with Crippen LogP contribution in [0.4, 0.5) is 4.79 Å². The predicted molar refractivity (Wildman–Crippen MR) is 108 cm³/mol. The molecule has 0 aliphatic heterocycles. The van der Waals surface area contributed by atoms with Gasteiger partial charge in [-0.25, -0.2) is 9.78 Å². The summed E-state index contributed by atoms with van der Waals surface area (Å²) in [4.78, 5) is 28.7. The summed E-state index contributed by atoms with van der Waals surface area (Å²) < 4.78 is 6.19. The summed E-state index contributed by atoms with van der Waals surface area (Å²) in [7, 11) is 0. The van der Waals surface area contributed by atoms with E-state index >= 15 is 0 Å². The fourth-order valence-electron chi connectivity index (χ4n) is 3.10. The Labute approximate surface area is 167 Å². The van der Waals surface area contributed by atoms with Gasteiger partial charge in [0.1, 0.15) is 5.60 Å². The van der Waals surface area contributed by atoms with Crippen molar-refractivity contribution in [3.63, 3.8) is 0 Å². The van der Waals surface area contributed by atoms with Crippen molar-refractivity contribution in [2.45, 2.75) is 64.1 Å². The van der Waals surface area contributed by atoms with Crippen LogP contribution in [0.15, 0.2) is 18.2 Å². The number of rotatable bonds is 3. The van der Waals surface area contributed by atoms with Crippen molar-refractivity contribution in [1.82, 2.24) is 15.6 Å². The van der Waals surface area contributed by atoms with Crippen LogP contribution in [0.1, 0.15) is 56.3 Å². The van der Waals surface area contributed by atoms with Crippen molar-refractivity contribution in [2.24, 2.45) is 0 Å². The highest BCUT2D eigenvalue weighted by atomic mass is 35.5. The minimum atomic E-state index is -0.503. The maximum atomic E-state index is 12.5. The first-order valence-electron chi connectivity index (χ1n) is 9.06. The van der Waals surface area contributed by atoms with Crippen LogP contribution < -0.4 is 10.6 Å². The minimum Gasteiger partial charge on any atom is -0.444 e. The molecule has 8 heteroatoms. The molecule has 3 rings (SSSR count). The molecule has 1 aliphatic carbocycles.